The van der Waals surface area contributed by atoms with E-state index >= 15 is 0 Å². The van der Waals surface area contributed by atoms with E-state index < -0.39 is 0 Å². The van der Waals surface area contributed by atoms with Gasteiger partial charge in [0.25, 0.3) is 0 Å². The topological polar surface area (TPSA) is 43.8 Å². The Morgan fingerprint density at radius 1 is 1.62 bits per heavy atom. The van der Waals surface area contributed by atoms with Gasteiger partial charge in [-0.15, -0.1) is 0 Å². The number of hydrogen-bond acceptors (Lipinski definition) is 2. The van der Waals surface area contributed by atoms with Crippen molar-refractivity contribution in [3.8, 4) is 0 Å². The van der Waals surface area contributed by atoms with Gasteiger partial charge in [0.2, 0.25) is 0 Å². The molecule has 0 atom stereocenters. The molecule has 2 rings (SSSR count). The van der Waals surface area contributed by atoms with Crippen LogP contribution in [0.3, 0.4) is 0 Å². The number of aromatic nitrogens is 2. The Labute approximate surface area is 78.9 Å². The molecular weight excluding hydrogens is 162 g/mol. The van der Waals surface area contributed by atoms with E-state index in [1.54, 1.807) is 0 Å². The van der Waals surface area contributed by atoms with Gasteiger partial charge in [0.1, 0.15) is 0 Å². The van der Waals surface area contributed by atoms with Gasteiger partial charge in [-0.25, -0.2) is 0 Å². The van der Waals surface area contributed by atoms with Gasteiger partial charge in [0.15, 0.2) is 0 Å². The van der Waals surface area contributed by atoms with E-state index in [4.69, 9.17) is 5.73 Å². The summed E-state index contributed by atoms with van der Waals surface area (Å²) >= 11 is 0. The average Bonchev–Trinajstić information content (AvgIpc) is 2.75. The van der Waals surface area contributed by atoms with Crippen LogP contribution in [-0.2, 0) is 5.41 Å². The first kappa shape index (κ1) is 8.75. The second-order valence-electron chi connectivity index (χ2n) is 4.29. The molecule has 13 heavy (non-hydrogen) atoms. The van der Waals surface area contributed by atoms with Gasteiger partial charge >= 0.3 is 0 Å². The smallest absolute Gasteiger partial charge is 0.0528 e. The maximum atomic E-state index is 5.75. The van der Waals surface area contributed by atoms with Crippen LogP contribution in [0.2, 0.25) is 0 Å². The van der Waals surface area contributed by atoms with Gasteiger partial charge in [-0.1, -0.05) is 0 Å². The zero-order valence-corrected chi connectivity index (χ0v) is 8.33. The van der Waals surface area contributed by atoms with Crippen LogP contribution in [-0.4, -0.2) is 16.3 Å². The third kappa shape index (κ3) is 1.37. The first-order valence-electron chi connectivity index (χ1n) is 4.93. The molecular formula is C10H17N3. The molecule has 1 aromatic heterocycles. The van der Waals surface area contributed by atoms with E-state index in [9.17, 15) is 0 Å². The average molecular weight is 179 g/mol. The molecule has 1 aliphatic carbocycles. The summed E-state index contributed by atoms with van der Waals surface area (Å²) in [5.74, 6) is 0. The van der Waals surface area contributed by atoms with Crippen LogP contribution in [0.4, 0.5) is 0 Å². The van der Waals surface area contributed by atoms with Gasteiger partial charge < -0.3 is 5.73 Å². The van der Waals surface area contributed by atoms with Gasteiger partial charge in [-0.3, -0.25) is 4.68 Å². The van der Waals surface area contributed by atoms with E-state index in [-0.39, 0.29) is 5.41 Å². The molecule has 72 valence electrons. The fourth-order valence-corrected chi connectivity index (χ4v) is 1.66. The fourth-order valence-electron chi connectivity index (χ4n) is 1.66. The zero-order valence-electron chi connectivity index (χ0n) is 8.33. The molecule has 0 unspecified atom stereocenters. The third-order valence-corrected chi connectivity index (χ3v) is 2.99. The standard InChI is InChI=1S/C10H17N3/c1-8(2)13-6-9(5-12-13)10(7-11)3-4-10/h5-6,8H,3-4,7,11H2,1-2H3. The molecule has 0 radical (unpaired) electrons. The lowest BCUT2D eigenvalue weighted by atomic mass is 10.0. The highest BCUT2D eigenvalue weighted by Crippen LogP contribution is 2.47. The summed E-state index contributed by atoms with van der Waals surface area (Å²) in [7, 11) is 0. The lowest BCUT2D eigenvalue weighted by molar-refractivity contribution is 0.531. The highest BCUT2D eigenvalue weighted by Gasteiger charge is 2.43. The zero-order chi connectivity index (χ0) is 9.47. The summed E-state index contributed by atoms with van der Waals surface area (Å²) in [6.07, 6.45) is 6.57. The minimum absolute atomic E-state index is 0.285. The number of rotatable bonds is 3. The fraction of sp³-hybridized carbons (Fsp3) is 0.700. The van der Waals surface area contributed by atoms with Crippen molar-refractivity contribution in [1.29, 1.82) is 0 Å². The number of hydrogen-bond donors (Lipinski definition) is 1. The molecule has 1 aliphatic rings. The molecule has 0 aromatic carbocycles. The first-order chi connectivity index (χ1) is 6.18. The molecule has 2 N–H and O–H groups in total. The molecule has 1 saturated carbocycles. The molecule has 0 amide bonds. The molecule has 0 saturated heterocycles. The van der Waals surface area contributed by atoms with Crippen molar-refractivity contribution in [2.75, 3.05) is 6.54 Å². The van der Waals surface area contributed by atoms with E-state index in [0.717, 1.165) is 6.54 Å². The van der Waals surface area contributed by atoms with Crippen LogP contribution < -0.4 is 5.73 Å². The summed E-state index contributed by atoms with van der Waals surface area (Å²) in [5, 5.41) is 4.33. The SMILES string of the molecule is CC(C)n1cc(C2(CN)CC2)cn1. The summed E-state index contributed by atoms with van der Waals surface area (Å²) in [6.45, 7) is 5.04. The normalized spacial score (nSPS) is 19.4. The van der Waals surface area contributed by atoms with Crippen molar-refractivity contribution in [1.82, 2.24) is 9.78 Å². The van der Waals surface area contributed by atoms with Crippen molar-refractivity contribution in [3.05, 3.63) is 18.0 Å². The summed E-state index contributed by atoms with van der Waals surface area (Å²) in [4.78, 5) is 0. The third-order valence-electron chi connectivity index (χ3n) is 2.99. The molecule has 3 nitrogen and oxygen atoms in total. The van der Waals surface area contributed by atoms with E-state index in [1.165, 1.54) is 18.4 Å². The summed E-state index contributed by atoms with van der Waals surface area (Å²) in [5.41, 5.74) is 7.36. The Balaban J connectivity index is 2.23. The Morgan fingerprint density at radius 3 is 2.69 bits per heavy atom. The van der Waals surface area contributed by atoms with Crippen molar-refractivity contribution in [3.63, 3.8) is 0 Å². The van der Waals surface area contributed by atoms with E-state index in [0.29, 0.717) is 6.04 Å². The monoisotopic (exact) mass is 179 g/mol. The predicted molar refractivity (Wildman–Crippen MR) is 52.6 cm³/mol. The highest BCUT2D eigenvalue weighted by molar-refractivity contribution is 5.27. The van der Waals surface area contributed by atoms with E-state index in [2.05, 4.69) is 25.1 Å². The Bertz CT molecular complexity index is 297. The quantitative estimate of drug-likeness (QED) is 0.763. The Morgan fingerprint density at radius 2 is 2.31 bits per heavy atom. The number of nitrogens with two attached hydrogens (primary N) is 1. The second-order valence-corrected chi connectivity index (χ2v) is 4.29. The van der Waals surface area contributed by atoms with Crippen LogP contribution in [0.25, 0.3) is 0 Å². The highest BCUT2D eigenvalue weighted by atomic mass is 15.3. The van der Waals surface area contributed by atoms with Crippen molar-refractivity contribution in [2.24, 2.45) is 5.73 Å². The van der Waals surface area contributed by atoms with Crippen LogP contribution >= 0.6 is 0 Å². The molecule has 1 heterocycles. The van der Waals surface area contributed by atoms with Crippen molar-refractivity contribution in [2.45, 2.75) is 38.1 Å². The van der Waals surface area contributed by atoms with E-state index in [1.807, 2.05) is 10.9 Å². The van der Waals surface area contributed by atoms with Crippen LogP contribution in [0.15, 0.2) is 12.4 Å². The van der Waals surface area contributed by atoms with Crippen molar-refractivity contribution >= 4 is 0 Å². The second kappa shape index (κ2) is 2.84. The summed E-state index contributed by atoms with van der Waals surface area (Å²) in [6, 6.07) is 0.447. The maximum Gasteiger partial charge on any atom is 0.0528 e. The van der Waals surface area contributed by atoms with Crippen LogP contribution in [0.1, 0.15) is 38.3 Å². The first-order valence-corrected chi connectivity index (χ1v) is 4.93. The molecule has 1 fully saturated rings. The largest absolute Gasteiger partial charge is 0.330 e. The molecule has 0 aliphatic heterocycles. The number of nitrogens with zero attached hydrogens (tertiary/aromatic N) is 2. The Hall–Kier alpha value is -0.830. The lowest BCUT2D eigenvalue weighted by Gasteiger charge is -2.08. The maximum absolute atomic E-state index is 5.75. The van der Waals surface area contributed by atoms with Gasteiger partial charge in [-0.2, -0.15) is 5.10 Å². The van der Waals surface area contributed by atoms with Gasteiger partial charge in [0, 0.05) is 24.2 Å². The van der Waals surface area contributed by atoms with Gasteiger partial charge in [-0.05, 0) is 32.3 Å². The minimum Gasteiger partial charge on any atom is -0.330 e. The molecule has 3 heteroatoms. The van der Waals surface area contributed by atoms with Gasteiger partial charge in [0.05, 0.1) is 6.20 Å². The minimum atomic E-state index is 0.285. The summed E-state index contributed by atoms with van der Waals surface area (Å²) < 4.78 is 2.01. The van der Waals surface area contributed by atoms with Crippen molar-refractivity contribution < 1.29 is 0 Å². The van der Waals surface area contributed by atoms with Crippen LogP contribution in [0, 0.1) is 0 Å². The molecule has 1 aromatic rings. The molecule has 0 bridgehead atoms. The molecule has 0 spiro atoms. The predicted octanol–water partition coefficient (Wildman–Crippen LogP) is 1.45. The lowest BCUT2D eigenvalue weighted by Crippen LogP contribution is -2.19. The van der Waals surface area contributed by atoms with Crippen LogP contribution in [0.5, 0.6) is 0 Å². The Kier molecular flexibility index (Phi) is 1.91.